The van der Waals surface area contributed by atoms with Crippen molar-refractivity contribution in [3.05, 3.63) is 29.3 Å². The van der Waals surface area contributed by atoms with Gasteiger partial charge in [0.2, 0.25) is 0 Å². The quantitative estimate of drug-likeness (QED) is 0.820. The van der Waals surface area contributed by atoms with Gasteiger partial charge < -0.3 is 9.84 Å². The molecule has 1 aliphatic rings. The molecule has 1 saturated carbocycles. The maximum absolute atomic E-state index is 9.45. The molecule has 1 aromatic rings. The Balaban J connectivity index is 2.34. The van der Waals surface area contributed by atoms with Gasteiger partial charge in [-0.05, 0) is 31.7 Å². The minimum atomic E-state index is 0.227. The molecule has 1 unspecified atom stereocenters. The maximum atomic E-state index is 9.45. The van der Waals surface area contributed by atoms with Crippen LogP contribution in [0.2, 0.25) is 0 Å². The molecule has 0 saturated heterocycles. The minimum absolute atomic E-state index is 0.227. The largest absolute Gasteiger partial charge is 0.496 e. The van der Waals surface area contributed by atoms with Gasteiger partial charge in [-0.15, -0.1) is 0 Å². The van der Waals surface area contributed by atoms with Gasteiger partial charge in [0.05, 0.1) is 13.7 Å². The topological polar surface area (TPSA) is 29.5 Å². The molecule has 0 heterocycles. The van der Waals surface area contributed by atoms with Gasteiger partial charge in [-0.25, -0.2) is 0 Å². The highest BCUT2D eigenvalue weighted by Gasteiger charge is 2.33. The summed E-state index contributed by atoms with van der Waals surface area (Å²) >= 11 is 0. The van der Waals surface area contributed by atoms with Gasteiger partial charge in [0.1, 0.15) is 5.75 Å². The summed E-state index contributed by atoms with van der Waals surface area (Å²) in [6, 6.07) is 6.18. The molecule has 0 spiro atoms. The predicted octanol–water partition coefficient (Wildman–Crippen LogP) is 2.49. The van der Waals surface area contributed by atoms with Gasteiger partial charge in [0, 0.05) is 11.5 Å². The molecule has 0 aromatic heterocycles. The third-order valence-electron chi connectivity index (χ3n) is 3.17. The van der Waals surface area contributed by atoms with Crippen LogP contribution in [-0.4, -0.2) is 18.8 Å². The standard InChI is InChI=1S/C13H18O2/c1-9-3-6-13(15-2)11(7-9)12(8-14)10-4-5-10/h3,6-7,10,12,14H,4-5,8H2,1-2H3. The number of hydrogen-bond donors (Lipinski definition) is 1. The lowest BCUT2D eigenvalue weighted by Gasteiger charge is -2.17. The summed E-state index contributed by atoms with van der Waals surface area (Å²) in [6.45, 7) is 2.30. The Morgan fingerprint density at radius 2 is 2.20 bits per heavy atom. The number of benzene rings is 1. The van der Waals surface area contributed by atoms with E-state index in [0.717, 1.165) is 5.75 Å². The lowest BCUT2D eigenvalue weighted by molar-refractivity contribution is 0.249. The smallest absolute Gasteiger partial charge is 0.122 e. The number of methoxy groups -OCH3 is 1. The Morgan fingerprint density at radius 1 is 1.47 bits per heavy atom. The monoisotopic (exact) mass is 206 g/mol. The zero-order valence-electron chi connectivity index (χ0n) is 9.36. The van der Waals surface area contributed by atoms with Crippen LogP contribution in [0.5, 0.6) is 5.75 Å². The van der Waals surface area contributed by atoms with E-state index < -0.39 is 0 Å². The average Bonchev–Trinajstić information content (AvgIpc) is 3.04. The van der Waals surface area contributed by atoms with Crippen molar-refractivity contribution in [2.45, 2.75) is 25.7 Å². The molecule has 0 aliphatic heterocycles. The molecule has 1 aliphatic carbocycles. The van der Waals surface area contributed by atoms with Crippen LogP contribution in [0.3, 0.4) is 0 Å². The molecular formula is C13H18O2. The summed E-state index contributed by atoms with van der Waals surface area (Å²) in [5.41, 5.74) is 2.40. The third-order valence-corrected chi connectivity index (χ3v) is 3.17. The van der Waals surface area contributed by atoms with Crippen molar-refractivity contribution in [2.24, 2.45) is 5.92 Å². The summed E-state index contributed by atoms with van der Waals surface area (Å²) in [5.74, 6) is 1.83. The highest BCUT2D eigenvalue weighted by Crippen LogP contribution is 2.44. The first-order valence-electron chi connectivity index (χ1n) is 5.51. The Hall–Kier alpha value is -1.02. The second-order valence-electron chi connectivity index (χ2n) is 4.37. The van der Waals surface area contributed by atoms with E-state index in [4.69, 9.17) is 4.74 Å². The Morgan fingerprint density at radius 3 is 2.73 bits per heavy atom. The lowest BCUT2D eigenvalue weighted by atomic mass is 9.93. The Labute approximate surface area is 90.9 Å². The summed E-state index contributed by atoms with van der Waals surface area (Å²) in [4.78, 5) is 0. The lowest BCUT2D eigenvalue weighted by Crippen LogP contribution is -2.08. The van der Waals surface area contributed by atoms with Crippen molar-refractivity contribution in [3.8, 4) is 5.75 Å². The fourth-order valence-electron chi connectivity index (χ4n) is 2.14. The van der Waals surface area contributed by atoms with Crippen LogP contribution in [0.1, 0.15) is 29.9 Å². The normalized spacial score (nSPS) is 17.5. The van der Waals surface area contributed by atoms with Crippen LogP contribution in [0, 0.1) is 12.8 Å². The summed E-state index contributed by atoms with van der Waals surface area (Å²) < 4.78 is 5.35. The first-order valence-corrected chi connectivity index (χ1v) is 5.51. The fraction of sp³-hybridized carbons (Fsp3) is 0.538. The SMILES string of the molecule is COc1ccc(C)cc1C(CO)C1CC1. The minimum Gasteiger partial charge on any atom is -0.496 e. The van der Waals surface area contributed by atoms with E-state index in [2.05, 4.69) is 13.0 Å². The second-order valence-corrected chi connectivity index (χ2v) is 4.37. The summed E-state index contributed by atoms with van der Waals surface area (Å²) in [7, 11) is 1.69. The zero-order valence-corrected chi connectivity index (χ0v) is 9.36. The van der Waals surface area contributed by atoms with Crippen LogP contribution in [-0.2, 0) is 0 Å². The zero-order chi connectivity index (χ0) is 10.8. The van der Waals surface area contributed by atoms with Crippen LogP contribution >= 0.6 is 0 Å². The molecule has 15 heavy (non-hydrogen) atoms. The molecule has 0 bridgehead atoms. The van der Waals surface area contributed by atoms with Gasteiger partial charge in [-0.2, -0.15) is 0 Å². The van der Waals surface area contributed by atoms with E-state index in [0.29, 0.717) is 5.92 Å². The first-order chi connectivity index (χ1) is 7.26. The van der Waals surface area contributed by atoms with Crippen molar-refractivity contribution in [3.63, 3.8) is 0 Å². The van der Waals surface area contributed by atoms with Crippen molar-refractivity contribution in [2.75, 3.05) is 13.7 Å². The molecule has 2 nitrogen and oxygen atoms in total. The Bertz CT molecular complexity index is 342. The number of ether oxygens (including phenoxy) is 1. The number of rotatable bonds is 4. The van der Waals surface area contributed by atoms with Gasteiger partial charge in [0.15, 0.2) is 0 Å². The first kappa shape index (κ1) is 10.5. The molecule has 0 amide bonds. The predicted molar refractivity (Wildman–Crippen MR) is 60.3 cm³/mol. The van der Waals surface area contributed by atoms with Gasteiger partial charge in [-0.3, -0.25) is 0 Å². The molecule has 1 N–H and O–H groups in total. The number of aryl methyl sites for hydroxylation is 1. The molecule has 2 heteroatoms. The molecule has 2 rings (SSSR count). The van der Waals surface area contributed by atoms with E-state index in [1.54, 1.807) is 7.11 Å². The number of aliphatic hydroxyl groups is 1. The molecular weight excluding hydrogens is 188 g/mol. The van der Waals surface area contributed by atoms with Crippen LogP contribution in [0.4, 0.5) is 0 Å². The highest BCUT2D eigenvalue weighted by atomic mass is 16.5. The number of hydrogen-bond acceptors (Lipinski definition) is 2. The molecule has 1 aromatic carbocycles. The molecule has 1 atom stereocenters. The van der Waals surface area contributed by atoms with E-state index in [1.807, 2.05) is 12.1 Å². The van der Waals surface area contributed by atoms with E-state index >= 15 is 0 Å². The van der Waals surface area contributed by atoms with Crippen molar-refractivity contribution >= 4 is 0 Å². The molecule has 1 fully saturated rings. The van der Waals surface area contributed by atoms with Crippen LogP contribution in [0.25, 0.3) is 0 Å². The van der Waals surface area contributed by atoms with Crippen molar-refractivity contribution < 1.29 is 9.84 Å². The van der Waals surface area contributed by atoms with E-state index in [-0.39, 0.29) is 12.5 Å². The van der Waals surface area contributed by atoms with Gasteiger partial charge >= 0.3 is 0 Å². The summed E-state index contributed by atoms with van der Waals surface area (Å²) in [6.07, 6.45) is 2.48. The van der Waals surface area contributed by atoms with E-state index in [1.165, 1.54) is 24.0 Å². The average molecular weight is 206 g/mol. The van der Waals surface area contributed by atoms with Crippen molar-refractivity contribution in [1.29, 1.82) is 0 Å². The third kappa shape index (κ3) is 2.15. The summed E-state index contributed by atoms with van der Waals surface area (Å²) in [5, 5.41) is 9.45. The second kappa shape index (κ2) is 4.23. The van der Waals surface area contributed by atoms with Gasteiger partial charge in [-0.1, -0.05) is 17.7 Å². The van der Waals surface area contributed by atoms with Crippen LogP contribution < -0.4 is 4.74 Å². The maximum Gasteiger partial charge on any atom is 0.122 e. The fourth-order valence-corrected chi connectivity index (χ4v) is 2.14. The highest BCUT2D eigenvalue weighted by molar-refractivity contribution is 5.40. The molecule has 0 radical (unpaired) electrons. The Kier molecular flexibility index (Phi) is 2.96. The van der Waals surface area contributed by atoms with Crippen LogP contribution in [0.15, 0.2) is 18.2 Å². The van der Waals surface area contributed by atoms with Gasteiger partial charge in [0.25, 0.3) is 0 Å². The molecule has 82 valence electrons. The van der Waals surface area contributed by atoms with E-state index in [9.17, 15) is 5.11 Å². The van der Waals surface area contributed by atoms with Crippen molar-refractivity contribution in [1.82, 2.24) is 0 Å². The number of aliphatic hydroxyl groups excluding tert-OH is 1.